The summed E-state index contributed by atoms with van der Waals surface area (Å²) < 4.78 is 0. The lowest BCUT2D eigenvalue weighted by Crippen LogP contribution is -2.31. The minimum atomic E-state index is -0.160. The summed E-state index contributed by atoms with van der Waals surface area (Å²) >= 11 is 0. The molecule has 0 saturated heterocycles. The summed E-state index contributed by atoms with van der Waals surface area (Å²) in [6.45, 7) is 1.76. The van der Waals surface area contributed by atoms with Gasteiger partial charge in [0, 0.05) is 42.5 Å². The number of carbonyl (C=O) groups is 2. The van der Waals surface area contributed by atoms with E-state index >= 15 is 0 Å². The molecule has 7 heteroatoms. The quantitative estimate of drug-likeness (QED) is 0.550. The van der Waals surface area contributed by atoms with Gasteiger partial charge in [0.1, 0.15) is 0 Å². The third-order valence-corrected chi connectivity index (χ3v) is 4.49. The Morgan fingerprint density at radius 1 is 1.00 bits per heavy atom. The van der Waals surface area contributed by atoms with E-state index in [-0.39, 0.29) is 11.8 Å². The van der Waals surface area contributed by atoms with Gasteiger partial charge in [0.05, 0.1) is 6.20 Å². The van der Waals surface area contributed by atoms with E-state index < -0.39 is 0 Å². The molecule has 150 valence electrons. The van der Waals surface area contributed by atoms with Gasteiger partial charge in [-0.3, -0.25) is 14.7 Å². The van der Waals surface area contributed by atoms with Crippen LogP contribution < -0.4 is 10.6 Å². The van der Waals surface area contributed by atoms with Crippen molar-refractivity contribution in [3.8, 4) is 11.1 Å². The number of hydrogen-bond donors (Lipinski definition) is 3. The third kappa shape index (κ3) is 5.52. The van der Waals surface area contributed by atoms with Gasteiger partial charge in [0.2, 0.25) is 0 Å². The Kier molecular flexibility index (Phi) is 6.76. The molecule has 3 aromatic rings. The smallest absolute Gasteiger partial charge is 0.252 e. The fourth-order valence-corrected chi connectivity index (χ4v) is 2.88. The number of carbonyl (C=O) groups excluding carboxylic acids is 2. The highest BCUT2D eigenvalue weighted by Gasteiger charge is 2.13. The summed E-state index contributed by atoms with van der Waals surface area (Å²) in [6.07, 6.45) is 3.45. The summed E-state index contributed by atoms with van der Waals surface area (Å²) in [5.41, 5.74) is 3.79. The molecular weight excluding hydrogens is 366 g/mol. The lowest BCUT2D eigenvalue weighted by atomic mass is 10.0. The highest BCUT2D eigenvalue weighted by molar-refractivity contribution is 6.00. The molecule has 0 aliphatic carbocycles. The molecule has 0 spiro atoms. The van der Waals surface area contributed by atoms with E-state index in [9.17, 15) is 9.59 Å². The molecule has 1 aromatic heterocycles. The Bertz CT molecular complexity index is 950. The van der Waals surface area contributed by atoms with Crippen molar-refractivity contribution in [1.82, 2.24) is 25.7 Å². The van der Waals surface area contributed by atoms with Gasteiger partial charge in [0.15, 0.2) is 0 Å². The molecule has 0 radical (unpaired) electrons. The monoisotopic (exact) mass is 391 g/mol. The average Bonchev–Trinajstić information content (AvgIpc) is 3.27. The first-order chi connectivity index (χ1) is 14.0. The van der Waals surface area contributed by atoms with Gasteiger partial charge < -0.3 is 15.5 Å². The Morgan fingerprint density at radius 3 is 2.45 bits per heavy atom. The largest absolute Gasteiger partial charge is 0.351 e. The van der Waals surface area contributed by atoms with Gasteiger partial charge >= 0.3 is 0 Å². The second-order valence-corrected chi connectivity index (χ2v) is 6.97. The molecule has 3 N–H and O–H groups in total. The van der Waals surface area contributed by atoms with Crippen LogP contribution in [0.2, 0.25) is 0 Å². The number of aromatic nitrogens is 2. The Labute approximate surface area is 170 Å². The van der Waals surface area contributed by atoms with Gasteiger partial charge in [0.25, 0.3) is 11.8 Å². The van der Waals surface area contributed by atoms with Crippen LogP contribution >= 0.6 is 0 Å². The van der Waals surface area contributed by atoms with Crippen molar-refractivity contribution in [2.75, 3.05) is 27.2 Å². The number of hydrogen-bond acceptors (Lipinski definition) is 4. The molecule has 7 nitrogen and oxygen atoms in total. The van der Waals surface area contributed by atoms with E-state index in [0.717, 1.165) is 23.2 Å². The molecule has 2 amide bonds. The Hall–Kier alpha value is -3.45. The molecule has 0 aliphatic rings. The van der Waals surface area contributed by atoms with Crippen LogP contribution in [0, 0.1) is 0 Å². The average molecular weight is 391 g/mol. The van der Waals surface area contributed by atoms with Crippen LogP contribution in [-0.2, 0) is 6.54 Å². The van der Waals surface area contributed by atoms with E-state index in [1.807, 2.05) is 49.3 Å². The van der Waals surface area contributed by atoms with E-state index in [2.05, 4.69) is 20.8 Å². The molecule has 29 heavy (non-hydrogen) atoms. The van der Waals surface area contributed by atoms with Crippen molar-refractivity contribution in [3.63, 3.8) is 0 Å². The van der Waals surface area contributed by atoms with Crippen molar-refractivity contribution in [3.05, 3.63) is 77.6 Å². The Balaban J connectivity index is 1.58. The number of rotatable bonds is 8. The van der Waals surface area contributed by atoms with Crippen molar-refractivity contribution < 1.29 is 9.59 Å². The number of nitrogens with zero attached hydrogens (tertiary/aromatic N) is 2. The predicted molar refractivity (Wildman–Crippen MR) is 113 cm³/mol. The van der Waals surface area contributed by atoms with Crippen LogP contribution in [0.4, 0.5) is 0 Å². The lowest BCUT2D eigenvalue weighted by Gasteiger charge is -2.11. The molecule has 2 aromatic carbocycles. The number of aromatic amines is 1. The van der Waals surface area contributed by atoms with Gasteiger partial charge in [-0.1, -0.05) is 30.3 Å². The summed E-state index contributed by atoms with van der Waals surface area (Å²) in [6, 6.07) is 14.6. The SMILES string of the molecule is CN(C)CCNC(=O)c1ccc(CNC(=O)c2ccccc2-c2cn[nH]c2)cc1. The molecule has 0 atom stereocenters. The van der Waals surface area contributed by atoms with Crippen LogP contribution in [0.5, 0.6) is 0 Å². The third-order valence-electron chi connectivity index (χ3n) is 4.49. The van der Waals surface area contributed by atoms with Crippen molar-refractivity contribution >= 4 is 11.8 Å². The zero-order valence-electron chi connectivity index (χ0n) is 16.6. The standard InChI is InChI=1S/C22H25N5O2/c1-27(2)12-11-23-21(28)17-9-7-16(8-10-17)13-24-22(29)20-6-4-3-5-19(20)18-14-25-26-15-18/h3-10,14-15H,11-13H2,1-2H3,(H,23,28)(H,24,29)(H,25,26). The molecule has 0 fully saturated rings. The van der Waals surface area contributed by atoms with Crippen LogP contribution in [0.3, 0.4) is 0 Å². The van der Waals surface area contributed by atoms with E-state index in [1.165, 1.54) is 0 Å². The van der Waals surface area contributed by atoms with Gasteiger partial charge in [-0.15, -0.1) is 0 Å². The number of nitrogens with one attached hydrogen (secondary N) is 3. The predicted octanol–water partition coefficient (Wildman–Crippen LogP) is 2.30. The molecule has 0 unspecified atom stereocenters. The van der Waals surface area contributed by atoms with E-state index in [1.54, 1.807) is 30.6 Å². The molecule has 0 bridgehead atoms. The van der Waals surface area contributed by atoms with Crippen LogP contribution in [0.1, 0.15) is 26.3 Å². The van der Waals surface area contributed by atoms with Gasteiger partial charge in [-0.25, -0.2) is 0 Å². The number of benzene rings is 2. The van der Waals surface area contributed by atoms with Crippen molar-refractivity contribution in [2.24, 2.45) is 0 Å². The molecule has 0 saturated carbocycles. The van der Waals surface area contributed by atoms with Crippen molar-refractivity contribution in [1.29, 1.82) is 0 Å². The molecule has 0 aliphatic heterocycles. The van der Waals surface area contributed by atoms with Crippen molar-refractivity contribution in [2.45, 2.75) is 6.54 Å². The maximum atomic E-state index is 12.7. The topological polar surface area (TPSA) is 90.1 Å². The fraction of sp³-hybridized carbons (Fsp3) is 0.227. The minimum absolute atomic E-state index is 0.100. The second kappa shape index (κ2) is 9.66. The van der Waals surface area contributed by atoms with E-state index in [4.69, 9.17) is 0 Å². The minimum Gasteiger partial charge on any atom is -0.351 e. The van der Waals surface area contributed by atoms with Gasteiger partial charge in [-0.2, -0.15) is 5.10 Å². The van der Waals surface area contributed by atoms with Crippen LogP contribution in [-0.4, -0.2) is 54.1 Å². The fourth-order valence-electron chi connectivity index (χ4n) is 2.88. The first-order valence-electron chi connectivity index (χ1n) is 9.43. The molecule has 1 heterocycles. The highest BCUT2D eigenvalue weighted by Crippen LogP contribution is 2.22. The van der Waals surface area contributed by atoms with Crippen LogP contribution in [0.25, 0.3) is 11.1 Å². The first-order valence-corrected chi connectivity index (χ1v) is 9.43. The maximum Gasteiger partial charge on any atom is 0.252 e. The zero-order chi connectivity index (χ0) is 20.6. The summed E-state index contributed by atoms with van der Waals surface area (Å²) in [5, 5.41) is 12.5. The number of likely N-dealkylation sites (N-methyl/N-ethyl adjacent to an activating group) is 1. The van der Waals surface area contributed by atoms with Gasteiger partial charge in [-0.05, 0) is 43.4 Å². The zero-order valence-corrected chi connectivity index (χ0v) is 16.6. The summed E-state index contributed by atoms with van der Waals surface area (Å²) in [4.78, 5) is 26.8. The Morgan fingerprint density at radius 2 is 1.76 bits per heavy atom. The normalized spacial score (nSPS) is 10.7. The second-order valence-electron chi connectivity index (χ2n) is 6.97. The summed E-state index contributed by atoms with van der Waals surface area (Å²) in [7, 11) is 3.92. The first kappa shape index (κ1) is 20.3. The maximum absolute atomic E-state index is 12.7. The number of H-pyrrole nitrogens is 1. The summed E-state index contributed by atoms with van der Waals surface area (Å²) in [5.74, 6) is -0.260. The lowest BCUT2D eigenvalue weighted by molar-refractivity contribution is 0.0942. The molecule has 3 rings (SSSR count). The number of amides is 2. The molecular formula is C22H25N5O2. The highest BCUT2D eigenvalue weighted by atomic mass is 16.2. The van der Waals surface area contributed by atoms with E-state index in [0.29, 0.717) is 24.2 Å². The van der Waals surface area contributed by atoms with Crippen LogP contribution in [0.15, 0.2) is 60.9 Å².